The third-order valence-electron chi connectivity index (χ3n) is 3.85. The van der Waals surface area contributed by atoms with Gasteiger partial charge in [0.25, 0.3) is 0 Å². The molecule has 4 nitrogen and oxygen atoms in total. The van der Waals surface area contributed by atoms with Gasteiger partial charge in [0, 0.05) is 16.5 Å². The second-order valence-corrected chi connectivity index (χ2v) is 7.23. The number of benzene rings is 2. The summed E-state index contributed by atoms with van der Waals surface area (Å²) in [5, 5.41) is 3.44. The van der Waals surface area contributed by atoms with E-state index in [-0.39, 0.29) is 5.91 Å². The quantitative estimate of drug-likeness (QED) is 0.548. The molecule has 1 aromatic heterocycles. The standard InChI is InChI=1S/C22H22N2O2S/c1-3-15-26-19-12-9-17(10-13-19)11-14-20(25)23-22-24-21(16(2)27-22)18-7-5-4-6-8-18/h4-14H,3,15H2,1-2H3,(H,23,24,25). The maximum atomic E-state index is 12.2. The van der Waals surface area contributed by atoms with Gasteiger partial charge in [-0.2, -0.15) is 0 Å². The highest BCUT2D eigenvalue weighted by molar-refractivity contribution is 7.16. The highest BCUT2D eigenvalue weighted by Crippen LogP contribution is 2.30. The molecule has 3 rings (SSSR count). The van der Waals surface area contributed by atoms with E-state index in [1.54, 1.807) is 6.08 Å². The Morgan fingerprint density at radius 1 is 1.15 bits per heavy atom. The van der Waals surface area contributed by atoms with Crippen molar-refractivity contribution in [3.63, 3.8) is 0 Å². The van der Waals surface area contributed by atoms with Crippen molar-refractivity contribution >= 4 is 28.5 Å². The van der Waals surface area contributed by atoms with Gasteiger partial charge in [0.2, 0.25) is 5.91 Å². The van der Waals surface area contributed by atoms with E-state index in [2.05, 4.69) is 17.2 Å². The van der Waals surface area contributed by atoms with Crippen molar-refractivity contribution in [3.8, 4) is 17.0 Å². The van der Waals surface area contributed by atoms with Crippen LogP contribution in [0.4, 0.5) is 5.13 Å². The van der Waals surface area contributed by atoms with Crippen LogP contribution in [0.3, 0.4) is 0 Å². The van der Waals surface area contributed by atoms with Crippen LogP contribution in [0.1, 0.15) is 23.8 Å². The van der Waals surface area contributed by atoms with E-state index < -0.39 is 0 Å². The van der Waals surface area contributed by atoms with Gasteiger partial charge in [-0.25, -0.2) is 4.98 Å². The Kier molecular flexibility index (Phi) is 6.39. The fourth-order valence-electron chi connectivity index (χ4n) is 2.53. The van der Waals surface area contributed by atoms with Gasteiger partial charge in [-0.05, 0) is 37.1 Å². The molecule has 5 heteroatoms. The molecule has 1 heterocycles. The topological polar surface area (TPSA) is 51.2 Å². The lowest BCUT2D eigenvalue weighted by atomic mass is 10.1. The number of aryl methyl sites for hydroxylation is 1. The summed E-state index contributed by atoms with van der Waals surface area (Å²) in [4.78, 5) is 17.8. The van der Waals surface area contributed by atoms with Crippen LogP contribution in [0.15, 0.2) is 60.7 Å². The van der Waals surface area contributed by atoms with Gasteiger partial charge in [0.1, 0.15) is 5.75 Å². The number of hydrogen-bond acceptors (Lipinski definition) is 4. The normalized spacial score (nSPS) is 10.9. The average molecular weight is 378 g/mol. The number of aromatic nitrogens is 1. The Hall–Kier alpha value is -2.92. The largest absolute Gasteiger partial charge is 0.494 e. The first-order valence-electron chi connectivity index (χ1n) is 8.90. The second kappa shape index (κ2) is 9.14. The molecule has 0 radical (unpaired) electrons. The van der Waals surface area contributed by atoms with Crippen LogP contribution in [0.25, 0.3) is 17.3 Å². The van der Waals surface area contributed by atoms with E-state index in [1.165, 1.54) is 17.4 Å². The number of carbonyl (C=O) groups is 1. The zero-order chi connectivity index (χ0) is 19.1. The highest BCUT2D eigenvalue weighted by Gasteiger charge is 2.10. The molecule has 1 N–H and O–H groups in total. The Morgan fingerprint density at radius 3 is 2.59 bits per heavy atom. The van der Waals surface area contributed by atoms with Crippen LogP contribution >= 0.6 is 11.3 Å². The van der Waals surface area contributed by atoms with Gasteiger partial charge in [-0.1, -0.05) is 49.4 Å². The molecule has 0 bridgehead atoms. The van der Waals surface area contributed by atoms with Crippen molar-refractivity contribution in [3.05, 3.63) is 71.1 Å². The lowest BCUT2D eigenvalue weighted by Crippen LogP contribution is -2.07. The first-order valence-corrected chi connectivity index (χ1v) is 9.72. The number of hydrogen-bond donors (Lipinski definition) is 1. The molecule has 0 saturated carbocycles. The number of amides is 1. The van der Waals surface area contributed by atoms with Crippen molar-refractivity contribution in [1.29, 1.82) is 0 Å². The summed E-state index contributed by atoms with van der Waals surface area (Å²) >= 11 is 1.48. The molecule has 0 unspecified atom stereocenters. The third-order valence-corrected chi connectivity index (χ3v) is 4.74. The van der Waals surface area contributed by atoms with Gasteiger partial charge in [0.05, 0.1) is 12.3 Å². The number of ether oxygens (including phenoxy) is 1. The van der Waals surface area contributed by atoms with Crippen LogP contribution in [0, 0.1) is 6.92 Å². The molecule has 3 aromatic rings. The molecule has 138 valence electrons. The number of thiazole rings is 1. The minimum absolute atomic E-state index is 0.199. The fourth-order valence-corrected chi connectivity index (χ4v) is 3.37. The number of carbonyl (C=O) groups excluding carboxylic acids is 1. The average Bonchev–Trinajstić information content (AvgIpc) is 3.06. The lowest BCUT2D eigenvalue weighted by Gasteiger charge is -2.04. The summed E-state index contributed by atoms with van der Waals surface area (Å²) in [6.07, 6.45) is 4.27. The monoisotopic (exact) mass is 378 g/mol. The number of rotatable bonds is 7. The predicted molar refractivity (Wildman–Crippen MR) is 112 cm³/mol. The highest BCUT2D eigenvalue weighted by atomic mass is 32.1. The minimum atomic E-state index is -0.199. The fraction of sp³-hybridized carbons (Fsp3) is 0.182. The maximum Gasteiger partial charge on any atom is 0.250 e. The van der Waals surface area contributed by atoms with E-state index in [1.807, 2.05) is 61.5 Å². The second-order valence-electron chi connectivity index (χ2n) is 6.03. The van der Waals surface area contributed by atoms with Crippen LogP contribution in [-0.4, -0.2) is 17.5 Å². The van der Waals surface area contributed by atoms with Gasteiger partial charge >= 0.3 is 0 Å². The van der Waals surface area contributed by atoms with Gasteiger partial charge in [-0.3, -0.25) is 10.1 Å². The van der Waals surface area contributed by atoms with E-state index in [4.69, 9.17) is 4.74 Å². The molecule has 0 saturated heterocycles. The Bertz CT molecular complexity index is 915. The molecular weight excluding hydrogens is 356 g/mol. The van der Waals surface area contributed by atoms with Crippen LogP contribution in [-0.2, 0) is 4.79 Å². The van der Waals surface area contributed by atoms with Crippen molar-refractivity contribution in [2.75, 3.05) is 11.9 Å². The molecule has 2 aromatic carbocycles. The summed E-state index contributed by atoms with van der Waals surface area (Å²) in [5.74, 6) is 0.639. The summed E-state index contributed by atoms with van der Waals surface area (Å²) in [5.41, 5.74) is 2.89. The predicted octanol–water partition coefficient (Wildman–Crippen LogP) is 5.56. The van der Waals surface area contributed by atoms with E-state index in [0.717, 1.165) is 33.9 Å². The molecule has 0 spiro atoms. The smallest absolute Gasteiger partial charge is 0.250 e. The van der Waals surface area contributed by atoms with Gasteiger partial charge in [-0.15, -0.1) is 11.3 Å². The van der Waals surface area contributed by atoms with Crippen molar-refractivity contribution in [2.24, 2.45) is 0 Å². The number of nitrogens with one attached hydrogen (secondary N) is 1. The van der Waals surface area contributed by atoms with E-state index >= 15 is 0 Å². The first-order chi connectivity index (χ1) is 13.2. The van der Waals surface area contributed by atoms with Gasteiger partial charge in [0.15, 0.2) is 5.13 Å². The number of nitrogens with zero attached hydrogens (tertiary/aromatic N) is 1. The molecule has 0 aliphatic rings. The molecule has 27 heavy (non-hydrogen) atoms. The van der Waals surface area contributed by atoms with E-state index in [9.17, 15) is 4.79 Å². The summed E-state index contributed by atoms with van der Waals surface area (Å²) in [6, 6.07) is 17.6. The zero-order valence-corrected chi connectivity index (χ0v) is 16.3. The van der Waals surface area contributed by atoms with Crippen molar-refractivity contribution in [2.45, 2.75) is 20.3 Å². The molecule has 0 atom stereocenters. The van der Waals surface area contributed by atoms with E-state index in [0.29, 0.717) is 11.7 Å². The lowest BCUT2D eigenvalue weighted by molar-refractivity contribution is -0.111. The van der Waals surface area contributed by atoms with Crippen LogP contribution < -0.4 is 10.1 Å². The van der Waals surface area contributed by atoms with Crippen molar-refractivity contribution in [1.82, 2.24) is 4.98 Å². The molecule has 1 amide bonds. The maximum absolute atomic E-state index is 12.2. The van der Waals surface area contributed by atoms with Crippen LogP contribution in [0.2, 0.25) is 0 Å². The van der Waals surface area contributed by atoms with Crippen LogP contribution in [0.5, 0.6) is 5.75 Å². The SMILES string of the molecule is CCCOc1ccc(C=CC(=O)Nc2nc(-c3ccccc3)c(C)s2)cc1. The summed E-state index contributed by atoms with van der Waals surface area (Å²) in [7, 11) is 0. The molecular formula is C22H22N2O2S. The Morgan fingerprint density at radius 2 is 1.89 bits per heavy atom. The van der Waals surface area contributed by atoms with Crippen molar-refractivity contribution < 1.29 is 9.53 Å². The Labute approximate surface area is 163 Å². The summed E-state index contributed by atoms with van der Waals surface area (Å²) < 4.78 is 5.55. The third kappa shape index (κ3) is 5.28. The Balaban J connectivity index is 1.61. The first kappa shape index (κ1) is 18.9. The molecule has 0 aliphatic heterocycles. The minimum Gasteiger partial charge on any atom is -0.494 e. The zero-order valence-electron chi connectivity index (χ0n) is 15.4. The number of anilines is 1. The van der Waals surface area contributed by atoms with Gasteiger partial charge < -0.3 is 4.74 Å². The molecule has 0 fully saturated rings. The molecule has 0 aliphatic carbocycles. The summed E-state index contributed by atoms with van der Waals surface area (Å²) in [6.45, 7) is 4.78.